The summed E-state index contributed by atoms with van der Waals surface area (Å²) < 4.78 is 10.6. The smallest absolute Gasteiger partial charge is 0.308 e. The molecule has 230 valence electrons. The van der Waals surface area contributed by atoms with E-state index in [1.165, 1.54) is 14.0 Å². The van der Waals surface area contributed by atoms with Crippen LogP contribution in [-0.4, -0.2) is 54.1 Å². The van der Waals surface area contributed by atoms with Crippen LogP contribution >= 0.6 is 0 Å². The number of ketones is 5. The van der Waals surface area contributed by atoms with Gasteiger partial charge in [-0.1, -0.05) is 41.5 Å². The van der Waals surface area contributed by atoms with Crippen LogP contribution in [0.2, 0.25) is 0 Å². The van der Waals surface area contributed by atoms with Gasteiger partial charge in [0.2, 0.25) is 5.78 Å². The molecule has 8 atom stereocenters. The van der Waals surface area contributed by atoms with Crippen molar-refractivity contribution in [1.82, 2.24) is 0 Å². The molecule has 4 aliphatic carbocycles. The molecule has 42 heavy (non-hydrogen) atoms. The fourth-order valence-electron chi connectivity index (χ4n) is 9.19. The highest BCUT2D eigenvalue weighted by Gasteiger charge is 2.74. The lowest BCUT2D eigenvalue weighted by Crippen LogP contribution is -2.64. The molecular formula is C33H44O9. The van der Waals surface area contributed by atoms with E-state index in [-0.39, 0.29) is 66.4 Å². The Morgan fingerprint density at radius 3 is 2.10 bits per heavy atom. The number of hydrogen-bond acceptors (Lipinski definition) is 9. The van der Waals surface area contributed by atoms with Crippen LogP contribution in [0.5, 0.6) is 0 Å². The second-order valence-electron chi connectivity index (χ2n) is 14.3. The Labute approximate surface area is 247 Å². The van der Waals surface area contributed by atoms with Gasteiger partial charge in [-0.2, -0.15) is 0 Å². The molecule has 4 unspecified atom stereocenters. The van der Waals surface area contributed by atoms with Gasteiger partial charge in [0.1, 0.15) is 17.3 Å². The molecule has 0 bridgehead atoms. The standard InChI is InChI=1S/C33H44O9/c1-16(12-19(35)13-17(2)29(40)41-9)20-14-24(38)33(8)25-21(36)15-22-30(4,5)23(37)10-11-31(22,6)26(25)27(39)28(32(20,33)7)42-18(3)34/h16-17,20,22,28H,10-15H2,1-9H3/t16?,17?,20?,22?,28-,31+,32+,33+/m1/s1. The van der Waals surface area contributed by atoms with E-state index in [4.69, 9.17) is 9.47 Å². The summed E-state index contributed by atoms with van der Waals surface area (Å²) in [6.45, 7) is 13.6. The molecule has 0 aliphatic heterocycles. The lowest BCUT2D eigenvalue weighted by molar-refractivity contribution is -0.175. The van der Waals surface area contributed by atoms with Gasteiger partial charge in [-0.25, -0.2) is 0 Å². The average molecular weight is 585 g/mol. The number of ether oxygens (including phenoxy) is 2. The van der Waals surface area contributed by atoms with Crippen LogP contribution in [0.4, 0.5) is 0 Å². The van der Waals surface area contributed by atoms with Crippen molar-refractivity contribution >= 4 is 40.9 Å². The van der Waals surface area contributed by atoms with E-state index < -0.39 is 69.2 Å². The molecule has 0 amide bonds. The minimum Gasteiger partial charge on any atom is -0.469 e. The van der Waals surface area contributed by atoms with Crippen molar-refractivity contribution in [2.75, 3.05) is 7.11 Å². The fourth-order valence-corrected chi connectivity index (χ4v) is 9.19. The first-order valence-electron chi connectivity index (χ1n) is 15.0. The molecule has 0 aromatic heterocycles. The van der Waals surface area contributed by atoms with Gasteiger partial charge in [0.15, 0.2) is 11.9 Å². The monoisotopic (exact) mass is 584 g/mol. The predicted octanol–water partition coefficient (Wildman–Crippen LogP) is 4.18. The van der Waals surface area contributed by atoms with Gasteiger partial charge < -0.3 is 9.47 Å². The maximum atomic E-state index is 14.6. The summed E-state index contributed by atoms with van der Waals surface area (Å²) in [7, 11) is 1.26. The van der Waals surface area contributed by atoms with Crippen molar-refractivity contribution in [2.24, 2.45) is 45.3 Å². The van der Waals surface area contributed by atoms with Gasteiger partial charge in [0, 0.05) is 66.4 Å². The Hall–Kier alpha value is -2.97. The maximum Gasteiger partial charge on any atom is 0.308 e. The minimum absolute atomic E-state index is 0.00717. The summed E-state index contributed by atoms with van der Waals surface area (Å²) >= 11 is 0. The van der Waals surface area contributed by atoms with Gasteiger partial charge in [0.25, 0.3) is 0 Å². The fraction of sp³-hybridized carbons (Fsp3) is 0.727. The first kappa shape index (κ1) is 32.0. The molecule has 4 aliphatic rings. The number of rotatable bonds is 7. The zero-order chi connectivity index (χ0) is 31.7. The number of fused-ring (bicyclic) bond motifs is 4. The first-order valence-corrected chi connectivity index (χ1v) is 15.0. The largest absolute Gasteiger partial charge is 0.469 e. The summed E-state index contributed by atoms with van der Waals surface area (Å²) in [5, 5.41) is 0. The van der Waals surface area contributed by atoms with E-state index >= 15 is 0 Å². The molecular weight excluding hydrogens is 540 g/mol. The summed E-state index contributed by atoms with van der Waals surface area (Å²) in [5.74, 6) is -4.39. The summed E-state index contributed by atoms with van der Waals surface area (Å²) in [5.41, 5.74) is -4.00. The molecule has 0 aromatic carbocycles. The summed E-state index contributed by atoms with van der Waals surface area (Å²) in [6.07, 6.45) is -0.675. The van der Waals surface area contributed by atoms with Gasteiger partial charge >= 0.3 is 11.9 Å². The van der Waals surface area contributed by atoms with E-state index in [0.717, 1.165) is 0 Å². The zero-order valence-corrected chi connectivity index (χ0v) is 26.3. The lowest BCUT2D eigenvalue weighted by atomic mass is 9.42. The van der Waals surface area contributed by atoms with Crippen molar-refractivity contribution in [2.45, 2.75) is 100 Å². The molecule has 9 heteroatoms. The Balaban J connectivity index is 1.86. The van der Waals surface area contributed by atoms with Crippen LogP contribution in [0.25, 0.3) is 0 Å². The second kappa shape index (κ2) is 10.3. The highest BCUT2D eigenvalue weighted by Crippen LogP contribution is 2.70. The second-order valence-corrected chi connectivity index (χ2v) is 14.3. The van der Waals surface area contributed by atoms with Crippen molar-refractivity contribution in [3.63, 3.8) is 0 Å². The molecule has 2 saturated carbocycles. The maximum absolute atomic E-state index is 14.6. The number of hydrogen-bond donors (Lipinski definition) is 0. The van der Waals surface area contributed by atoms with Crippen molar-refractivity contribution in [3.05, 3.63) is 11.1 Å². The van der Waals surface area contributed by atoms with Crippen LogP contribution in [0.1, 0.15) is 93.9 Å². The number of methoxy groups -OCH3 is 1. The number of esters is 2. The predicted molar refractivity (Wildman–Crippen MR) is 151 cm³/mol. The number of allylic oxidation sites excluding steroid dienone is 1. The molecule has 4 rings (SSSR count). The van der Waals surface area contributed by atoms with E-state index in [1.807, 2.05) is 27.7 Å². The van der Waals surface area contributed by atoms with Gasteiger partial charge in [-0.15, -0.1) is 0 Å². The third-order valence-corrected chi connectivity index (χ3v) is 11.7. The van der Waals surface area contributed by atoms with Gasteiger partial charge in [0.05, 0.1) is 18.4 Å². The van der Waals surface area contributed by atoms with Crippen LogP contribution in [-0.2, 0) is 43.0 Å². The lowest BCUT2D eigenvalue weighted by Gasteiger charge is -2.59. The normalized spacial score (nSPS) is 36.9. The summed E-state index contributed by atoms with van der Waals surface area (Å²) in [6, 6.07) is 0. The van der Waals surface area contributed by atoms with Crippen molar-refractivity contribution in [3.8, 4) is 0 Å². The Morgan fingerprint density at radius 1 is 0.905 bits per heavy atom. The van der Waals surface area contributed by atoms with Crippen LogP contribution in [0.3, 0.4) is 0 Å². The van der Waals surface area contributed by atoms with Gasteiger partial charge in [-0.3, -0.25) is 33.6 Å². The quantitative estimate of drug-likeness (QED) is 0.403. The molecule has 0 radical (unpaired) electrons. The van der Waals surface area contributed by atoms with E-state index in [9.17, 15) is 33.6 Å². The number of Topliss-reactive ketones (excluding diaryl/α,β-unsaturated/α-hetero) is 5. The van der Waals surface area contributed by atoms with E-state index in [1.54, 1.807) is 20.8 Å². The highest BCUT2D eigenvalue weighted by molar-refractivity contribution is 6.18. The number of carbonyl (C=O) groups is 7. The molecule has 0 heterocycles. The molecule has 0 saturated heterocycles. The SMILES string of the molecule is COC(=O)C(C)CC(=O)CC(C)C1CC(=O)[C@@]2(C)C3=C(C(=O)[C@@H](OC(C)=O)[C@]12C)[C@@]1(C)CCC(=O)C(C)(C)C1CC3=O. The van der Waals surface area contributed by atoms with Gasteiger partial charge in [-0.05, 0) is 31.1 Å². The van der Waals surface area contributed by atoms with E-state index in [2.05, 4.69) is 0 Å². The topological polar surface area (TPSA) is 138 Å². The highest BCUT2D eigenvalue weighted by atomic mass is 16.5. The molecule has 9 nitrogen and oxygen atoms in total. The zero-order valence-electron chi connectivity index (χ0n) is 26.3. The molecule has 0 N–H and O–H groups in total. The number of carbonyl (C=O) groups excluding carboxylic acids is 7. The first-order chi connectivity index (χ1) is 19.3. The van der Waals surface area contributed by atoms with Crippen LogP contribution in [0, 0.1) is 45.3 Å². The van der Waals surface area contributed by atoms with Crippen molar-refractivity contribution < 1.29 is 43.0 Å². The average Bonchev–Trinajstić information content (AvgIpc) is 3.11. The molecule has 2 fully saturated rings. The molecule has 0 aromatic rings. The Morgan fingerprint density at radius 2 is 1.52 bits per heavy atom. The Bertz CT molecular complexity index is 1320. The summed E-state index contributed by atoms with van der Waals surface area (Å²) in [4.78, 5) is 93.3. The van der Waals surface area contributed by atoms with Crippen LogP contribution < -0.4 is 0 Å². The third-order valence-electron chi connectivity index (χ3n) is 11.7. The van der Waals surface area contributed by atoms with Crippen LogP contribution in [0.15, 0.2) is 11.1 Å². The minimum atomic E-state index is -1.44. The third kappa shape index (κ3) is 4.28. The van der Waals surface area contributed by atoms with Crippen molar-refractivity contribution in [1.29, 1.82) is 0 Å². The molecule has 0 spiro atoms. The Kier molecular flexibility index (Phi) is 7.86. The van der Waals surface area contributed by atoms with E-state index in [0.29, 0.717) is 6.42 Å².